The summed E-state index contributed by atoms with van der Waals surface area (Å²) in [6, 6.07) is 6.40. The molecule has 2 saturated carbocycles. The van der Waals surface area contributed by atoms with Crippen molar-refractivity contribution in [1.29, 1.82) is 0 Å². The van der Waals surface area contributed by atoms with Crippen molar-refractivity contribution in [3.8, 4) is 22.6 Å². The Morgan fingerprint density at radius 1 is 0.595 bits per heavy atom. The van der Waals surface area contributed by atoms with Crippen molar-refractivity contribution >= 4 is 0 Å². The first-order valence-electron chi connectivity index (χ1n) is 15.3. The Morgan fingerprint density at radius 3 is 1.43 bits per heavy atom. The first kappa shape index (κ1) is 28.1. The molecule has 2 fully saturated rings. The Hall–Kier alpha value is -1.96. The number of methoxy groups -OCH3 is 2. The van der Waals surface area contributed by atoms with E-state index >= 15 is 0 Å². The number of benzene rings is 2. The second-order valence-corrected chi connectivity index (χ2v) is 12.6. The van der Waals surface area contributed by atoms with E-state index in [-0.39, 0.29) is 0 Å². The highest BCUT2D eigenvalue weighted by Crippen LogP contribution is 2.54. The lowest BCUT2D eigenvalue weighted by molar-refractivity contribution is 0.404. The standard InChI is InChI=1S/C35H52O2/c1-22(2)30-33(25-15-11-9-12-16-25)31(23(3)4)35(28-21-27(36-7)19-20-29(28)37-8)32(24(5)6)34(30)26-17-13-10-14-18-26/h19-26H,9-18H2,1-8H3. The van der Waals surface area contributed by atoms with E-state index in [9.17, 15) is 0 Å². The van der Waals surface area contributed by atoms with Gasteiger partial charge in [0.15, 0.2) is 0 Å². The molecule has 2 aliphatic rings. The molecule has 0 spiro atoms. The Labute approximate surface area is 227 Å². The van der Waals surface area contributed by atoms with Crippen molar-refractivity contribution in [1.82, 2.24) is 0 Å². The minimum atomic E-state index is 0.443. The van der Waals surface area contributed by atoms with E-state index in [1.54, 1.807) is 34.9 Å². The summed E-state index contributed by atoms with van der Waals surface area (Å²) in [5, 5.41) is 0. The van der Waals surface area contributed by atoms with E-state index in [4.69, 9.17) is 9.47 Å². The lowest BCUT2D eigenvalue weighted by Crippen LogP contribution is -2.21. The van der Waals surface area contributed by atoms with Crippen molar-refractivity contribution in [2.45, 2.75) is 135 Å². The zero-order valence-corrected chi connectivity index (χ0v) is 25.0. The van der Waals surface area contributed by atoms with Crippen LogP contribution in [0.4, 0.5) is 0 Å². The maximum absolute atomic E-state index is 6.06. The predicted molar refractivity (Wildman–Crippen MR) is 159 cm³/mol. The third kappa shape index (κ3) is 5.59. The number of hydrogen-bond acceptors (Lipinski definition) is 2. The van der Waals surface area contributed by atoms with Gasteiger partial charge in [0.25, 0.3) is 0 Å². The Balaban J connectivity index is 2.21. The third-order valence-electron chi connectivity index (χ3n) is 9.13. The minimum absolute atomic E-state index is 0.443. The minimum Gasteiger partial charge on any atom is -0.497 e. The van der Waals surface area contributed by atoms with Crippen LogP contribution in [0.5, 0.6) is 11.5 Å². The van der Waals surface area contributed by atoms with Crippen molar-refractivity contribution in [3.63, 3.8) is 0 Å². The van der Waals surface area contributed by atoms with Crippen molar-refractivity contribution in [2.24, 2.45) is 0 Å². The highest BCUT2D eigenvalue weighted by molar-refractivity contribution is 5.82. The average molecular weight is 505 g/mol. The topological polar surface area (TPSA) is 18.5 Å². The molecule has 2 nitrogen and oxygen atoms in total. The molecular weight excluding hydrogens is 452 g/mol. The summed E-state index contributed by atoms with van der Waals surface area (Å²) >= 11 is 0. The van der Waals surface area contributed by atoms with E-state index in [2.05, 4.69) is 53.7 Å². The Kier molecular flexibility index (Phi) is 9.30. The van der Waals surface area contributed by atoms with Crippen LogP contribution >= 0.6 is 0 Å². The van der Waals surface area contributed by atoms with Crippen molar-refractivity contribution in [3.05, 3.63) is 46.0 Å². The summed E-state index contributed by atoms with van der Waals surface area (Å²) in [4.78, 5) is 0. The van der Waals surface area contributed by atoms with Crippen LogP contribution in [-0.4, -0.2) is 14.2 Å². The average Bonchev–Trinajstić information content (AvgIpc) is 2.91. The quantitative estimate of drug-likeness (QED) is 0.356. The summed E-state index contributed by atoms with van der Waals surface area (Å²) in [6.45, 7) is 14.6. The van der Waals surface area contributed by atoms with Crippen molar-refractivity contribution < 1.29 is 9.47 Å². The number of ether oxygens (including phenoxy) is 2. The van der Waals surface area contributed by atoms with Crippen LogP contribution in [0.25, 0.3) is 11.1 Å². The van der Waals surface area contributed by atoms with Gasteiger partial charge in [0.2, 0.25) is 0 Å². The number of hydrogen-bond donors (Lipinski definition) is 0. The molecule has 0 bridgehead atoms. The normalized spacial score (nSPS) is 17.7. The molecule has 0 radical (unpaired) electrons. The zero-order valence-electron chi connectivity index (χ0n) is 25.0. The first-order valence-corrected chi connectivity index (χ1v) is 15.3. The molecule has 2 heteroatoms. The van der Waals surface area contributed by atoms with Gasteiger partial charge < -0.3 is 9.47 Å². The molecule has 2 aromatic rings. The Morgan fingerprint density at radius 2 is 1.05 bits per heavy atom. The molecule has 204 valence electrons. The molecule has 2 aliphatic carbocycles. The van der Waals surface area contributed by atoms with E-state index < -0.39 is 0 Å². The second kappa shape index (κ2) is 12.3. The highest BCUT2D eigenvalue weighted by Gasteiger charge is 2.35. The van der Waals surface area contributed by atoms with Crippen LogP contribution in [0.15, 0.2) is 18.2 Å². The summed E-state index contributed by atoms with van der Waals surface area (Å²) < 4.78 is 11.8. The highest BCUT2D eigenvalue weighted by atomic mass is 16.5. The fourth-order valence-electron chi connectivity index (χ4n) is 7.63. The summed E-state index contributed by atoms with van der Waals surface area (Å²) in [5.74, 6) is 4.63. The summed E-state index contributed by atoms with van der Waals surface area (Å²) in [7, 11) is 3.60. The molecule has 0 amide bonds. The van der Waals surface area contributed by atoms with Gasteiger partial charge in [-0.25, -0.2) is 0 Å². The van der Waals surface area contributed by atoms with Crippen molar-refractivity contribution in [2.75, 3.05) is 14.2 Å². The smallest absolute Gasteiger partial charge is 0.126 e. The molecule has 0 aliphatic heterocycles. The molecule has 0 atom stereocenters. The first-order chi connectivity index (χ1) is 17.8. The summed E-state index contributed by atoms with van der Waals surface area (Å²) in [5.41, 5.74) is 11.0. The fraction of sp³-hybridized carbons (Fsp3) is 0.657. The Bertz CT molecular complexity index is 998. The lowest BCUT2D eigenvalue weighted by atomic mass is 9.66. The molecule has 4 rings (SSSR count). The van der Waals surface area contributed by atoms with Gasteiger partial charge in [-0.15, -0.1) is 0 Å². The maximum Gasteiger partial charge on any atom is 0.126 e. The molecule has 0 unspecified atom stereocenters. The molecule has 37 heavy (non-hydrogen) atoms. The fourth-order valence-corrected chi connectivity index (χ4v) is 7.63. The van der Waals surface area contributed by atoms with Gasteiger partial charge in [0.05, 0.1) is 14.2 Å². The van der Waals surface area contributed by atoms with Gasteiger partial charge in [-0.1, -0.05) is 80.1 Å². The molecule has 0 heterocycles. The van der Waals surface area contributed by atoms with E-state index in [0.29, 0.717) is 29.6 Å². The van der Waals surface area contributed by atoms with Gasteiger partial charge >= 0.3 is 0 Å². The van der Waals surface area contributed by atoms with Crippen LogP contribution < -0.4 is 9.47 Å². The second-order valence-electron chi connectivity index (χ2n) is 12.6. The monoisotopic (exact) mass is 504 g/mol. The molecular formula is C35H52O2. The molecule has 2 aromatic carbocycles. The van der Waals surface area contributed by atoms with Gasteiger partial charge in [-0.3, -0.25) is 0 Å². The van der Waals surface area contributed by atoms with E-state index in [1.165, 1.54) is 75.3 Å². The van der Waals surface area contributed by atoms with E-state index in [1.807, 2.05) is 13.2 Å². The van der Waals surface area contributed by atoms with Gasteiger partial charge in [0.1, 0.15) is 11.5 Å². The van der Waals surface area contributed by atoms with E-state index in [0.717, 1.165) is 11.5 Å². The SMILES string of the molecule is COc1ccc(OC)c(-c2c(C(C)C)c(C3CCCCC3)c(C(C)C)c(C3CCCCC3)c2C(C)C)c1. The number of rotatable bonds is 8. The molecule has 0 N–H and O–H groups in total. The molecule has 0 aromatic heterocycles. The van der Waals surface area contributed by atoms with Crippen LogP contribution in [0.1, 0.15) is 163 Å². The van der Waals surface area contributed by atoms with Crippen LogP contribution in [0, 0.1) is 0 Å². The van der Waals surface area contributed by atoms with Gasteiger partial charge in [0, 0.05) is 5.56 Å². The predicted octanol–water partition coefficient (Wildman–Crippen LogP) is 10.8. The lowest BCUT2D eigenvalue weighted by Gasteiger charge is -2.39. The van der Waals surface area contributed by atoms with Gasteiger partial charge in [-0.2, -0.15) is 0 Å². The van der Waals surface area contributed by atoms with Crippen LogP contribution in [0.2, 0.25) is 0 Å². The zero-order chi connectivity index (χ0) is 26.7. The van der Waals surface area contributed by atoms with Crippen LogP contribution in [-0.2, 0) is 0 Å². The maximum atomic E-state index is 6.06. The summed E-state index contributed by atoms with van der Waals surface area (Å²) in [6.07, 6.45) is 13.6. The largest absolute Gasteiger partial charge is 0.497 e. The molecule has 0 saturated heterocycles. The third-order valence-corrected chi connectivity index (χ3v) is 9.13. The van der Waals surface area contributed by atoms with Crippen LogP contribution in [0.3, 0.4) is 0 Å². The van der Waals surface area contributed by atoms with Gasteiger partial charge in [-0.05, 0) is 107 Å².